The number of piperidine rings is 1. The minimum absolute atomic E-state index is 0.0126. The van der Waals surface area contributed by atoms with Crippen molar-refractivity contribution >= 4 is 44.8 Å². The molecule has 0 unspecified atom stereocenters. The summed E-state index contributed by atoms with van der Waals surface area (Å²) in [6, 6.07) is 3.46. The van der Waals surface area contributed by atoms with Crippen LogP contribution in [-0.4, -0.2) is 33.9 Å². The molecule has 3 aromatic rings. The number of rotatable bonds is 3. The summed E-state index contributed by atoms with van der Waals surface area (Å²) in [6.45, 7) is 5.85. The van der Waals surface area contributed by atoms with Crippen LogP contribution in [0.5, 0.6) is 0 Å². The molecule has 1 fully saturated rings. The van der Waals surface area contributed by atoms with Gasteiger partial charge >= 0.3 is 0 Å². The van der Waals surface area contributed by atoms with Crippen molar-refractivity contribution in [1.82, 2.24) is 15.0 Å². The number of nitrogen functional groups attached to an aromatic ring is 1. The minimum Gasteiger partial charge on any atom is -0.384 e. The number of fused-ring (bicyclic) bond motifs is 1. The first-order valence-electron chi connectivity index (χ1n) is 9.01. The Labute approximate surface area is 161 Å². The Morgan fingerprint density at radius 1 is 1.22 bits per heavy atom. The largest absolute Gasteiger partial charge is 0.384 e. The van der Waals surface area contributed by atoms with Gasteiger partial charge in [-0.1, -0.05) is 0 Å². The van der Waals surface area contributed by atoms with Crippen LogP contribution in [-0.2, 0) is 4.79 Å². The first kappa shape index (κ1) is 17.7. The average Bonchev–Trinajstić information content (AvgIpc) is 2.98. The molecule has 0 aromatic carbocycles. The number of nitrogens with one attached hydrogen (secondary N) is 1. The van der Waals surface area contributed by atoms with E-state index in [0.29, 0.717) is 11.5 Å². The fourth-order valence-corrected chi connectivity index (χ4v) is 4.47. The molecule has 0 saturated carbocycles. The Morgan fingerprint density at radius 2 is 2.00 bits per heavy atom. The Balaban J connectivity index is 1.45. The summed E-state index contributed by atoms with van der Waals surface area (Å²) >= 11 is 1.71. The molecular formula is C19H22N6OS. The van der Waals surface area contributed by atoms with Crippen molar-refractivity contribution in [1.29, 1.82) is 0 Å². The van der Waals surface area contributed by atoms with Crippen LogP contribution in [0.2, 0.25) is 0 Å². The topological polar surface area (TPSA) is 97.0 Å². The average molecular weight is 382 g/mol. The van der Waals surface area contributed by atoms with Crippen molar-refractivity contribution in [2.75, 3.05) is 29.0 Å². The van der Waals surface area contributed by atoms with Crippen LogP contribution < -0.4 is 16.0 Å². The van der Waals surface area contributed by atoms with Crippen molar-refractivity contribution in [2.45, 2.75) is 26.7 Å². The van der Waals surface area contributed by atoms with Gasteiger partial charge < -0.3 is 16.0 Å². The maximum absolute atomic E-state index is 12.6. The number of hydrogen-bond acceptors (Lipinski definition) is 7. The van der Waals surface area contributed by atoms with Gasteiger partial charge in [-0.2, -0.15) is 0 Å². The number of anilines is 3. The summed E-state index contributed by atoms with van der Waals surface area (Å²) in [5.74, 6) is 1.46. The summed E-state index contributed by atoms with van der Waals surface area (Å²) in [4.78, 5) is 30.1. The van der Waals surface area contributed by atoms with Crippen LogP contribution in [0.1, 0.15) is 23.3 Å². The van der Waals surface area contributed by atoms with Crippen LogP contribution in [0.3, 0.4) is 0 Å². The molecule has 0 radical (unpaired) electrons. The summed E-state index contributed by atoms with van der Waals surface area (Å²) in [5.41, 5.74) is 7.51. The molecule has 0 atom stereocenters. The third-order valence-corrected chi connectivity index (χ3v) is 6.28. The Hall–Kier alpha value is -2.74. The summed E-state index contributed by atoms with van der Waals surface area (Å²) in [6.07, 6.45) is 4.81. The molecule has 8 heteroatoms. The number of nitrogens with two attached hydrogens (primary N) is 1. The van der Waals surface area contributed by atoms with E-state index in [1.807, 2.05) is 0 Å². The highest BCUT2D eigenvalue weighted by atomic mass is 32.1. The monoisotopic (exact) mass is 382 g/mol. The van der Waals surface area contributed by atoms with Gasteiger partial charge in [-0.25, -0.2) is 15.0 Å². The number of aromatic nitrogens is 3. The van der Waals surface area contributed by atoms with Gasteiger partial charge in [-0.15, -0.1) is 11.3 Å². The fourth-order valence-electron chi connectivity index (χ4n) is 3.48. The van der Waals surface area contributed by atoms with Gasteiger partial charge in [0, 0.05) is 23.9 Å². The third-order valence-electron chi connectivity index (χ3n) is 5.16. The van der Waals surface area contributed by atoms with Gasteiger partial charge in [0.25, 0.3) is 0 Å². The third kappa shape index (κ3) is 3.44. The van der Waals surface area contributed by atoms with E-state index in [-0.39, 0.29) is 11.8 Å². The van der Waals surface area contributed by atoms with E-state index in [1.165, 1.54) is 10.4 Å². The van der Waals surface area contributed by atoms with E-state index in [0.717, 1.165) is 42.0 Å². The first-order valence-corrected chi connectivity index (χ1v) is 9.82. The number of amides is 1. The van der Waals surface area contributed by atoms with E-state index in [4.69, 9.17) is 5.73 Å². The van der Waals surface area contributed by atoms with Crippen LogP contribution in [0.25, 0.3) is 10.2 Å². The fraction of sp³-hybridized carbons (Fsp3) is 0.368. The number of thiophene rings is 1. The van der Waals surface area contributed by atoms with E-state index in [1.54, 1.807) is 36.0 Å². The zero-order chi connectivity index (χ0) is 19.0. The Bertz CT molecular complexity index is 976. The second-order valence-corrected chi connectivity index (χ2v) is 8.09. The van der Waals surface area contributed by atoms with Gasteiger partial charge in [0.2, 0.25) is 5.91 Å². The van der Waals surface area contributed by atoms with Crippen molar-refractivity contribution in [3.8, 4) is 0 Å². The zero-order valence-electron chi connectivity index (χ0n) is 15.4. The summed E-state index contributed by atoms with van der Waals surface area (Å²) < 4.78 is 0. The Morgan fingerprint density at radius 3 is 2.70 bits per heavy atom. The van der Waals surface area contributed by atoms with Crippen molar-refractivity contribution < 1.29 is 4.79 Å². The normalized spacial score (nSPS) is 15.3. The van der Waals surface area contributed by atoms with Crippen LogP contribution in [0, 0.1) is 19.8 Å². The highest BCUT2D eigenvalue weighted by Gasteiger charge is 2.27. The van der Waals surface area contributed by atoms with Crippen LogP contribution in [0.15, 0.2) is 24.7 Å². The van der Waals surface area contributed by atoms with Gasteiger partial charge in [-0.05, 0) is 44.4 Å². The van der Waals surface area contributed by atoms with E-state index < -0.39 is 0 Å². The molecule has 1 saturated heterocycles. The molecule has 1 amide bonds. The maximum atomic E-state index is 12.6. The Kier molecular flexibility index (Phi) is 4.65. The van der Waals surface area contributed by atoms with Gasteiger partial charge in [0.05, 0.1) is 17.3 Å². The number of carbonyl (C=O) groups excluding carboxylic acids is 1. The molecule has 0 bridgehead atoms. The van der Waals surface area contributed by atoms with Gasteiger partial charge in [0.15, 0.2) is 0 Å². The van der Waals surface area contributed by atoms with E-state index >= 15 is 0 Å². The quantitative estimate of drug-likeness (QED) is 0.722. The lowest BCUT2D eigenvalue weighted by molar-refractivity contribution is -0.120. The number of pyridine rings is 1. The molecule has 140 valence electrons. The molecule has 4 rings (SSSR count). The van der Waals surface area contributed by atoms with Crippen molar-refractivity contribution in [3.05, 3.63) is 35.1 Å². The SMILES string of the molecule is Cc1sc2ncnc(N3CCC(C(=O)Nc4ccc(N)nc4)CC3)c2c1C. The van der Waals surface area contributed by atoms with Crippen LogP contribution in [0.4, 0.5) is 17.3 Å². The zero-order valence-corrected chi connectivity index (χ0v) is 16.2. The van der Waals surface area contributed by atoms with Gasteiger partial charge in [-0.3, -0.25) is 4.79 Å². The molecule has 3 aromatic heterocycles. The summed E-state index contributed by atoms with van der Waals surface area (Å²) in [7, 11) is 0. The lowest BCUT2D eigenvalue weighted by atomic mass is 9.95. The molecule has 1 aliphatic rings. The van der Waals surface area contributed by atoms with Gasteiger partial charge in [0.1, 0.15) is 22.8 Å². The maximum Gasteiger partial charge on any atom is 0.227 e. The van der Waals surface area contributed by atoms with E-state index in [9.17, 15) is 4.79 Å². The number of carbonyl (C=O) groups is 1. The lowest BCUT2D eigenvalue weighted by Crippen LogP contribution is -2.38. The smallest absolute Gasteiger partial charge is 0.227 e. The molecule has 0 spiro atoms. The molecule has 0 aliphatic carbocycles. The van der Waals surface area contributed by atoms with Crippen LogP contribution >= 0.6 is 11.3 Å². The molecule has 7 nitrogen and oxygen atoms in total. The predicted molar refractivity (Wildman–Crippen MR) is 109 cm³/mol. The van der Waals surface area contributed by atoms with Crippen molar-refractivity contribution in [3.63, 3.8) is 0 Å². The minimum atomic E-state index is -0.0126. The standard InChI is InChI=1S/C19H22N6OS/c1-11-12(2)27-19-16(11)17(22-10-23-19)25-7-5-13(6-8-25)18(26)24-14-3-4-15(20)21-9-14/h3-4,9-10,13H,5-8H2,1-2H3,(H2,20,21)(H,24,26). The highest BCUT2D eigenvalue weighted by Crippen LogP contribution is 2.35. The highest BCUT2D eigenvalue weighted by molar-refractivity contribution is 7.18. The predicted octanol–water partition coefficient (Wildman–Crippen LogP) is 3.14. The molecule has 1 aliphatic heterocycles. The number of hydrogen-bond donors (Lipinski definition) is 2. The lowest BCUT2D eigenvalue weighted by Gasteiger charge is -2.32. The first-order chi connectivity index (χ1) is 13.0. The number of nitrogens with zero attached hydrogens (tertiary/aromatic N) is 4. The second-order valence-electron chi connectivity index (χ2n) is 6.88. The molecule has 4 heterocycles. The molecule has 3 N–H and O–H groups in total. The van der Waals surface area contributed by atoms with Crippen molar-refractivity contribution in [2.24, 2.45) is 5.92 Å². The second kappa shape index (κ2) is 7.11. The molecular weight excluding hydrogens is 360 g/mol. The number of aryl methyl sites for hydroxylation is 2. The van der Waals surface area contributed by atoms with E-state index in [2.05, 4.69) is 39.0 Å². The summed E-state index contributed by atoms with van der Waals surface area (Å²) in [5, 5.41) is 4.08. The molecule has 27 heavy (non-hydrogen) atoms.